The molecule has 0 saturated carbocycles. The van der Waals surface area contributed by atoms with E-state index < -0.39 is 0 Å². The number of nitrogens with zero attached hydrogens (tertiary/aromatic N) is 1. The van der Waals surface area contributed by atoms with Crippen molar-refractivity contribution in [3.8, 4) is 0 Å². The van der Waals surface area contributed by atoms with Crippen LogP contribution in [0.5, 0.6) is 0 Å². The number of benzene rings is 2. The maximum absolute atomic E-state index is 5.83. The topological polar surface area (TPSA) is 61.3 Å². The molecule has 0 unspecified atom stereocenters. The van der Waals surface area contributed by atoms with E-state index in [0.717, 1.165) is 5.56 Å². The molecule has 0 radical (unpaired) electrons. The third kappa shape index (κ3) is 2.58. The smallest absolute Gasteiger partial charge is 0.221 e. The Balaban J connectivity index is 1.67. The summed E-state index contributed by atoms with van der Waals surface area (Å²) in [6.45, 7) is 0.873. The van der Waals surface area contributed by atoms with Crippen molar-refractivity contribution in [2.75, 3.05) is 5.73 Å². The van der Waals surface area contributed by atoms with Gasteiger partial charge in [0.25, 0.3) is 0 Å². The van der Waals surface area contributed by atoms with Gasteiger partial charge in [-0.15, -0.1) is 0 Å². The van der Waals surface area contributed by atoms with Crippen molar-refractivity contribution >= 4 is 16.8 Å². The molecule has 19 heavy (non-hydrogen) atoms. The van der Waals surface area contributed by atoms with E-state index >= 15 is 0 Å². The molecule has 3 rings (SSSR count). The quantitative estimate of drug-likeness (QED) is 0.726. The van der Waals surface area contributed by atoms with Gasteiger partial charge in [-0.2, -0.15) is 0 Å². The first-order chi connectivity index (χ1) is 9.33. The number of oxazole rings is 1. The molecular formula is C15H14N2O2. The summed E-state index contributed by atoms with van der Waals surface area (Å²) in [5, 5.41) is 0. The number of anilines is 1. The highest BCUT2D eigenvalue weighted by Crippen LogP contribution is 2.21. The highest BCUT2D eigenvalue weighted by molar-refractivity contribution is 5.85. The standard InChI is InChI=1S/C15H14N2O2/c16-12-7-4-8-13-15(12)17-14(19-13)10-18-9-11-5-2-1-3-6-11/h1-8H,9-10,16H2. The summed E-state index contributed by atoms with van der Waals surface area (Å²) in [5.74, 6) is 0.545. The Morgan fingerprint density at radius 3 is 2.63 bits per heavy atom. The van der Waals surface area contributed by atoms with Gasteiger partial charge in [-0.25, -0.2) is 4.98 Å². The fourth-order valence-corrected chi connectivity index (χ4v) is 1.91. The summed E-state index contributed by atoms with van der Waals surface area (Å²) < 4.78 is 11.1. The van der Waals surface area contributed by atoms with Crippen molar-refractivity contribution in [3.63, 3.8) is 0 Å². The van der Waals surface area contributed by atoms with Gasteiger partial charge in [0.1, 0.15) is 12.1 Å². The van der Waals surface area contributed by atoms with Gasteiger partial charge >= 0.3 is 0 Å². The minimum Gasteiger partial charge on any atom is -0.438 e. The molecule has 1 aromatic heterocycles. The lowest BCUT2D eigenvalue weighted by atomic mass is 10.2. The number of hydrogen-bond donors (Lipinski definition) is 1. The SMILES string of the molecule is Nc1cccc2oc(COCc3ccccc3)nc12. The summed E-state index contributed by atoms with van der Waals surface area (Å²) in [4.78, 5) is 4.33. The molecule has 0 bridgehead atoms. The van der Waals surface area contributed by atoms with Crippen LogP contribution in [0.1, 0.15) is 11.5 Å². The molecule has 0 fully saturated rings. The van der Waals surface area contributed by atoms with Crippen molar-refractivity contribution in [2.45, 2.75) is 13.2 Å². The molecule has 0 spiro atoms. The lowest BCUT2D eigenvalue weighted by molar-refractivity contribution is 0.0907. The van der Waals surface area contributed by atoms with Crippen LogP contribution in [-0.4, -0.2) is 4.98 Å². The van der Waals surface area contributed by atoms with Crippen LogP contribution in [0.4, 0.5) is 5.69 Å². The van der Waals surface area contributed by atoms with Gasteiger partial charge in [-0.3, -0.25) is 0 Å². The summed E-state index contributed by atoms with van der Waals surface area (Å²) in [7, 11) is 0. The number of hydrogen-bond acceptors (Lipinski definition) is 4. The Bertz CT molecular complexity index is 677. The van der Waals surface area contributed by atoms with Crippen LogP contribution in [0.25, 0.3) is 11.1 Å². The first-order valence-electron chi connectivity index (χ1n) is 6.08. The van der Waals surface area contributed by atoms with Crippen LogP contribution >= 0.6 is 0 Å². The Morgan fingerprint density at radius 2 is 1.84 bits per heavy atom. The van der Waals surface area contributed by atoms with E-state index in [-0.39, 0.29) is 0 Å². The second-order valence-corrected chi connectivity index (χ2v) is 4.28. The zero-order chi connectivity index (χ0) is 13.1. The number of aromatic nitrogens is 1. The maximum Gasteiger partial charge on any atom is 0.221 e. The summed E-state index contributed by atoms with van der Waals surface area (Å²) in [5.41, 5.74) is 8.96. The van der Waals surface area contributed by atoms with Crippen LogP contribution in [0.2, 0.25) is 0 Å². The van der Waals surface area contributed by atoms with E-state index in [4.69, 9.17) is 14.9 Å². The fourth-order valence-electron chi connectivity index (χ4n) is 1.91. The highest BCUT2D eigenvalue weighted by Gasteiger charge is 2.07. The molecule has 0 aliphatic carbocycles. The maximum atomic E-state index is 5.83. The lowest BCUT2D eigenvalue weighted by Gasteiger charge is -2.00. The van der Waals surface area contributed by atoms with Gasteiger partial charge in [0.15, 0.2) is 5.58 Å². The number of nitrogens with two attached hydrogens (primary N) is 1. The van der Waals surface area contributed by atoms with E-state index in [1.165, 1.54) is 0 Å². The zero-order valence-electron chi connectivity index (χ0n) is 10.4. The molecule has 2 aromatic carbocycles. The van der Waals surface area contributed by atoms with Gasteiger partial charge < -0.3 is 14.9 Å². The summed E-state index contributed by atoms with van der Waals surface area (Å²) >= 11 is 0. The van der Waals surface area contributed by atoms with E-state index in [2.05, 4.69) is 4.98 Å². The molecule has 0 aliphatic rings. The molecule has 2 N–H and O–H groups in total. The average molecular weight is 254 g/mol. The van der Waals surface area contributed by atoms with Gasteiger partial charge in [0.05, 0.1) is 12.3 Å². The average Bonchev–Trinajstić information content (AvgIpc) is 2.84. The second-order valence-electron chi connectivity index (χ2n) is 4.28. The lowest BCUT2D eigenvalue weighted by Crippen LogP contribution is -1.94. The minimum absolute atomic E-state index is 0.336. The van der Waals surface area contributed by atoms with E-state index in [1.54, 1.807) is 6.07 Å². The minimum atomic E-state index is 0.336. The first kappa shape index (κ1) is 11.7. The molecule has 96 valence electrons. The second kappa shape index (κ2) is 5.12. The van der Waals surface area contributed by atoms with Crippen molar-refractivity contribution in [3.05, 3.63) is 60.0 Å². The van der Waals surface area contributed by atoms with E-state index in [0.29, 0.717) is 35.9 Å². The summed E-state index contributed by atoms with van der Waals surface area (Å²) in [6.07, 6.45) is 0. The van der Waals surface area contributed by atoms with Crippen LogP contribution in [0.15, 0.2) is 52.9 Å². The first-order valence-corrected chi connectivity index (χ1v) is 6.08. The molecule has 0 atom stereocenters. The van der Waals surface area contributed by atoms with Crippen LogP contribution < -0.4 is 5.73 Å². The normalized spacial score (nSPS) is 10.9. The molecule has 1 heterocycles. The van der Waals surface area contributed by atoms with E-state index in [9.17, 15) is 0 Å². The Morgan fingerprint density at radius 1 is 1.00 bits per heavy atom. The molecule has 4 nitrogen and oxygen atoms in total. The van der Waals surface area contributed by atoms with Crippen molar-refractivity contribution in [1.29, 1.82) is 0 Å². The predicted molar refractivity (Wildman–Crippen MR) is 73.4 cm³/mol. The number of rotatable bonds is 4. The van der Waals surface area contributed by atoms with E-state index in [1.807, 2.05) is 42.5 Å². The van der Waals surface area contributed by atoms with Crippen molar-refractivity contribution < 1.29 is 9.15 Å². The Kier molecular flexibility index (Phi) is 3.16. The predicted octanol–water partition coefficient (Wildman–Crippen LogP) is 3.13. The highest BCUT2D eigenvalue weighted by atomic mass is 16.5. The number of ether oxygens (including phenoxy) is 1. The van der Waals surface area contributed by atoms with Gasteiger partial charge in [-0.05, 0) is 17.7 Å². The molecule has 0 amide bonds. The Labute approximate surface area is 110 Å². The van der Waals surface area contributed by atoms with Crippen LogP contribution in [0.3, 0.4) is 0 Å². The number of nitrogen functional groups attached to an aromatic ring is 1. The molecule has 4 heteroatoms. The molecular weight excluding hydrogens is 240 g/mol. The fraction of sp³-hybridized carbons (Fsp3) is 0.133. The molecule has 3 aromatic rings. The third-order valence-electron chi connectivity index (χ3n) is 2.83. The zero-order valence-corrected chi connectivity index (χ0v) is 10.4. The van der Waals surface area contributed by atoms with Gasteiger partial charge in [0.2, 0.25) is 5.89 Å². The monoisotopic (exact) mass is 254 g/mol. The van der Waals surface area contributed by atoms with Crippen molar-refractivity contribution in [2.24, 2.45) is 0 Å². The van der Waals surface area contributed by atoms with Gasteiger partial charge in [-0.1, -0.05) is 36.4 Å². The van der Waals surface area contributed by atoms with Gasteiger partial charge in [0, 0.05) is 0 Å². The van der Waals surface area contributed by atoms with Crippen LogP contribution in [-0.2, 0) is 18.0 Å². The Hall–Kier alpha value is -2.33. The largest absolute Gasteiger partial charge is 0.438 e. The summed E-state index contributed by atoms with van der Waals surface area (Å²) in [6, 6.07) is 15.5. The third-order valence-corrected chi connectivity index (χ3v) is 2.83. The van der Waals surface area contributed by atoms with Crippen LogP contribution in [0, 0.1) is 0 Å². The number of fused-ring (bicyclic) bond motifs is 1. The number of para-hydroxylation sites is 1. The molecule has 0 aliphatic heterocycles. The van der Waals surface area contributed by atoms with Crippen molar-refractivity contribution in [1.82, 2.24) is 4.98 Å². The molecule has 0 saturated heterocycles.